The van der Waals surface area contributed by atoms with Crippen molar-refractivity contribution in [2.24, 2.45) is 0 Å². The van der Waals surface area contributed by atoms with Crippen LogP contribution in [0.2, 0.25) is 0 Å². The Balaban J connectivity index is 1.50. The van der Waals surface area contributed by atoms with Gasteiger partial charge in [-0.15, -0.1) is 11.3 Å². The average molecular weight is 508 g/mol. The van der Waals surface area contributed by atoms with Crippen molar-refractivity contribution >= 4 is 29.0 Å². The van der Waals surface area contributed by atoms with E-state index in [4.69, 9.17) is 9.47 Å². The molecule has 0 saturated heterocycles. The van der Waals surface area contributed by atoms with Crippen molar-refractivity contribution in [1.29, 1.82) is 0 Å². The highest BCUT2D eigenvalue weighted by molar-refractivity contribution is 7.10. The van der Waals surface area contributed by atoms with Gasteiger partial charge in [-0.25, -0.2) is 4.79 Å². The molecule has 1 aromatic heterocycles. The zero-order valence-corrected chi connectivity index (χ0v) is 22.0. The number of nitrogens with one attached hydrogen (secondary N) is 1. The van der Waals surface area contributed by atoms with Gasteiger partial charge in [-0.1, -0.05) is 29.8 Å². The number of rotatable bonds is 8. The molecule has 7 nitrogen and oxygen atoms in total. The minimum absolute atomic E-state index is 0.0139. The molecule has 1 unspecified atom stereocenters. The predicted octanol–water partition coefficient (Wildman–Crippen LogP) is 5.51. The van der Waals surface area contributed by atoms with Crippen molar-refractivity contribution in [1.82, 2.24) is 9.80 Å². The van der Waals surface area contributed by atoms with Crippen LogP contribution in [0, 0.1) is 6.92 Å². The Kier molecular flexibility index (Phi) is 8.15. The lowest BCUT2D eigenvalue weighted by atomic mass is 10.0. The number of ether oxygens (including phenoxy) is 2. The molecule has 0 spiro atoms. The Morgan fingerprint density at radius 1 is 1.11 bits per heavy atom. The van der Waals surface area contributed by atoms with Gasteiger partial charge in [0.1, 0.15) is 13.2 Å². The number of carbonyl (C=O) groups is 2. The van der Waals surface area contributed by atoms with E-state index in [-0.39, 0.29) is 30.6 Å². The van der Waals surface area contributed by atoms with Gasteiger partial charge in [0.25, 0.3) is 0 Å². The van der Waals surface area contributed by atoms with Gasteiger partial charge in [0.15, 0.2) is 11.5 Å². The lowest BCUT2D eigenvalue weighted by Gasteiger charge is -2.37. The normalized spacial score (nSPS) is 14.8. The number of hydrogen-bond donors (Lipinski definition) is 1. The minimum Gasteiger partial charge on any atom is -0.493 e. The second-order valence-electron chi connectivity index (χ2n) is 9.13. The lowest BCUT2D eigenvalue weighted by Crippen LogP contribution is -2.50. The first-order chi connectivity index (χ1) is 17.4. The van der Waals surface area contributed by atoms with E-state index in [9.17, 15) is 9.59 Å². The lowest BCUT2D eigenvalue weighted by molar-refractivity contribution is -0.135. The molecule has 0 aliphatic carbocycles. The summed E-state index contributed by atoms with van der Waals surface area (Å²) >= 11 is 1.71. The maximum atomic E-state index is 13.6. The first kappa shape index (κ1) is 25.6. The molecule has 190 valence electrons. The summed E-state index contributed by atoms with van der Waals surface area (Å²) in [6.07, 6.45) is 0.793. The van der Waals surface area contributed by atoms with Gasteiger partial charge in [0.2, 0.25) is 5.91 Å². The number of thiophene rings is 1. The number of carbonyl (C=O) groups excluding carboxylic acids is 2. The van der Waals surface area contributed by atoms with Crippen LogP contribution in [0.5, 0.6) is 11.5 Å². The molecule has 2 heterocycles. The molecule has 36 heavy (non-hydrogen) atoms. The van der Waals surface area contributed by atoms with Crippen LogP contribution in [0.15, 0.2) is 60.0 Å². The molecule has 1 atom stereocenters. The smallest absolute Gasteiger partial charge is 0.322 e. The minimum atomic E-state index is -0.294. The Morgan fingerprint density at radius 2 is 1.83 bits per heavy atom. The van der Waals surface area contributed by atoms with Crippen LogP contribution < -0.4 is 14.8 Å². The summed E-state index contributed by atoms with van der Waals surface area (Å²) in [5, 5.41) is 4.98. The zero-order valence-electron chi connectivity index (χ0n) is 21.2. The fourth-order valence-electron chi connectivity index (χ4n) is 4.34. The van der Waals surface area contributed by atoms with Gasteiger partial charge in [-0.05, 0) is 68.5 Å². The molecule has 0 bridgehead atoms. The summed E-state index contributed by atoms with van der Waals surface area (Å²) in [5.41, 5.74) is 2.92. The molecule has 3 amide bonds. The van der Waals surface area contributed by atoms with Crippen molar-refractivity contribution in [2.75, 3.05) is 32.1 Å². The number of nitrogens with zero attached hydrogens (tertiary/aromatic N) is 2. The summed E-state index contributed by atoms with van der Waals surface area (Å²) < 4.78 is 11.6. The molecule has 0 fully saturated rings. The molecular weight excluding hydrogens is 474 g/mol. The van der Waals surface area contributed by atoms with Gasteiger partial charge < -0.3 is 24.6 Å². The van der Waals surface area contributed by atoms with E-state index in [1.54, 1.807) is 23.3 Å². The number of benzene rings is 2. The molecule has 1 N–H and O–H groups in total. The number of aryl methyl sites for hydroxylation is 1. The molecule has 8 heteroatoms. The van der Waals surface area contributed by atoms with Crippen LogP contribution in [0.25, 0.3) is 0 Å². The van der Waals surface area contributed by atoms with Crippen molar-refractivity contribution in [2.45, 2.75) is 39.3 Å². The monoisotopic (exact) mass is 507 g/mol. The number of methoxy groups -OCH3 is 1. The van der Waals surface area contributed by atoms with Crippen molar-refractivity contribution in [3.63, 3.8) is 0 Å². The Bertz CT molecular complexity index is 1190. The van der Waals surface area contributed by atoms with E-state index in [0.29, 0.717) is 30.3 Å². The molecular formula is C28H33N3O4S. The van der Waals surface area contributed by atoms with E-state index in [1.165, 1.54) is 4.88 Å². The molecule has 0 radical (unpaired) electrons. The highest BCUT2D eigenvalue weighted by Crippen LogP contribution is 2.35. The Labute approximate surface area is 216 Å². The molecule has 2 aromatic carbocycles. The van der Waals surface area contributed by atoms with E-state index in [0.717, 1.165) is 17.5 Å². The standard InChI is InChI=1S/C28H33N3O4S/c1-19(2)31(28(33)29-21-11-9-20(3)10-12-21)17-27(32)30-15-13-26-22(14-16-36-26)23(30)18-35-25-8-6-5-7-24(25)34-4/h5-12,14,16,19,23H,13,15,17-18H2,1-4H3,(H,29,33). The number of amides is 3. The van der Waals surface area contributed by atoms with Gasteiger partial charge in [0, 0.05) is 23.2 Å². The third-order valence-electron chi connectivity index (χ3n) is 6.37. The van der Waals surface area contributed by atoms with Crippen LogP contribution >= 0.6 is 11.3 Å². The first-order valence-electron chi connectivity index (χ1n) is 12.1. The third kappa shape index (κ3) is 5.82. The number of para-hydroxylation sites is 2. The van der Waals surface area contributed by atoms with Crippen LogP contribution in [-0.2, 0) is 11.2 Å². The third-order valence-corrected chi connectivity index (χ3v) is 7.37. The SMILES string of the molecule is COc1ccccc1OCC1c2ccsc2CCN1C(=O)CN(C(=O)Nc1ccc(C)cc1)C(C)C. The fraction of sp³-hybridized carbons (Fsp3) is 0.357. The summed E-state index contributed by atoms with van der Waals surface area (Å²) in [5.74, 6) is 1.18. The Morgan fingerprint density at radius 3 is 2.53 bits per heavy atom. The fourth-order valence-corrected chi connectivity index (χ4v) is 5.27. The molecule has 1 aliphatic heterocycles. The topological polar surface area (TPSA) is 71.1 Å². The van der Waals surface area contributed by atoms with E-state index >= 15 is 0 Å². The van der Waals surface area contributed by atoms with E-state index < -0.39 is 0 Å². The molecule has 0 saturated carbocycles. The van der Waals surface area contributed by atoms with Gasteiger partial charge in [-0.3, -0.25) is 4.79 Å². The largest absolute Gasteiger partial charge is 0.493 e. The van der Waals surface area contributed by atoms with E-state index in [1.807, 2.05) is 74.2 Å². The van der Waals surface area contributed by atoms with Crippen molar-refractivity contribution in [3.8, 4) is 11.5 Å². The van der Waals surface area contributed by atoms with Crippen LogP contribution in [0.3, 0.4) is 0 Å². The summed E-state index contributed by atoms with van der Waals surface area (Å²) in [6.45, 7) is 6.69. The van der Waals surface area contributed by atoms with Crippen LogP contribution in [0.4, 0.5) is 10.5 Å². The van der Waals surface area contributed by atoms with Crippen molar-refractivity contribution in [3.05, 3.63) is 76.0 Å². The van der Waals surface area contributed by atoms with Gasteiger partial charge in [0.05, 0.1) is 13.2 Å². The molecule has 1 aliphatic rings. The molecule has 4 rings (SSSR count). The Hall–Kier alpha value is -3.52. The van der Waals surface area contributed by atoms with E-state index in [2.05, 4.69) is 16.8 Å². The van der Waals surface area contributed by atoms with Crippen molar-refractivity contribution < 1.29 is 19.1 Å². The second-order valence-corrected chi connectivity index (χ2v) is 10.1. The number of anilines is 1. The number of urea groups is 1. The van der Waals surface area contributed by atoms with Gasteiger partial charge >= 0.3 is 6.03 Å². The highest BCUT2D eigenvalue weighted by atomic mass is 32.1. The zero-order chi connectivity index (χ0) is 25.7. The second kappa shape index (κ2) is 11.5. The maximum absolute atomic E-state index is 13.6. The average Bonchev–Trinajstić information content (AvgIpc) is 3.36. The summed E-state index contributed by atoms with van der Waals surface area (Å²) in [7, 11) is 1.61. The number of hydrogen-bond acceptors (Lipinski definition) is 5. The van der Waals surface area contributed by atoms with Crippen LogP contribution in [0.1, 0.15) is 35.9 Å². The van der Waals surface area contributed by atoms with Crippen LogP contribution in [-0.4, -0.2) is 54.6 Å². The molecule has 3 aromatic rings. The predicted molar refractivity (Wildman–Crippen MR) is 143 cm³/mol. The first-order valence-corrected chi connectivity index (χ1v) is 13.0. The highest BCUT2D eigenvalue weighted by Gasteiger charge is 2.34. The van der Waals surface area contributed by atoms with Gasteiger partial charge in [-0.2, -0.15) is 0 Å². The quantitative estimate of drug-likeness (QED) is 0.436. The maximum Gasteiger partial charge on any atom is 0.322 e. The number of fused-ring (bicyclic) bond motifs is 1. The summed E-state index contributed by atoms with van der Waals surface area (Å²) in [4.78, 5) is 31.4. The summed E-state index contributed by atoms with van der Waals surface area (Å²) in [6, 6.07) is 16.5.